The van der Waals surface area contributed by atoms with Crippen molar-refractivity contribution in [1.82, 2.24) is 4.98 Å². The van der Waals surface area contributed by atoms with Crippen molar-refractivity contribution in [1.29, 1.82) is 0 Å². The molecule has 0 amide bonds. The molecular formula is C13H14F2IN3O. The fourth-order valence-electron chi connectivity index (χ4n) is 1.61. The highest BCUT2D eigenvalue weighted by Crippen LogP contribution is 2.29. The van der Waals surface area contributed by atoms with E-state index in [0.29, 0.717) is 11.6 Å². The lowest BCUT2D eigenvalue weighted by molar-refractivity contribution is 0.0217. The second kappa shape index (κ2) is 6.11. The Balaban J connectivity index is 2.12. The largest absolute Gasteiger partial charge is 0.441 e. The van der Waals surface area contributed by atoms with Crippen LogP contribution in [0.5, 0.6) is 5.75 Å². The minimum absolute atomic E-state index is 0.0375. The Hall–Kier alpha value is -1.12. The monoisotopic (exact) mass is 393 g/mol. The number of hydrogen-bond acceptors (Lipinski definition) is 4. The minimum atomic E-state index is -2.92. The van der Waals surface area contributed by atoms with Crippen LogP contribution in [-0.4, -0.2) is 27.7 Å². The average Bonchev–Trinajstić information content (AvgIpc) is 2.44. The summed E-state index contributed by atoms with van der Waals surface area (Å²) in [4.78, 5) is 12.0. The maximum absolute atomic E-state index is 13.4. The number of nitrogens with zero attached hydrogens (tertiary/aromatic N) is 3. The Labute approximate surface area is 129 Å². The first-order valence-electron chi connectivity index (χ1n) is 6.11. The summed E-state index contributed by atoms with van der Waals surface area (Å²) in [5.74, 6) is -1.97. The molecule has 1 aliphatic heterocycles. The molecule has 7 heteroatoms. The number of hydrogen-bond donors (Lipinski definition) is 0. The van der Waals surface area contributed by atoms with Gasteiger partial charge in [0, 0.05) is 0 Å². The van der Waals surface area contributed by atoms with E-state index in [-0.39, 0.29) is 22.1 Å². The van der Waals surface area contributed by atoms with Crippen LogP contribution in [-0.2, 0) is 5.92 Å². The molecule has 0 aliphatic carbocycles. The van der Waals surface area contributed by atoms with Gasteiger partial charge in [-0.05, 0) is 19.1 Å². The van der Waals surface area contributed by atoms with Crippen molar-refractivity contribution in [3.05, 3.63) is 24.0 Å². The normalized spacial score (nSPS) is 22.6. The van der Waals surface area contributed by atoms with Crippen molar-refractivity contribution >= 4 is 34.8 Å². The van der Waals surface area contributed by atoms with E-state index in [1.807, 2.05) is 13.8 Å². The van der Waals surface area contributed by atoms with E-state index in [1.165, 1.54) is 24.7 Å². The highest BCUT2D eigenvalue weighted by molar-refractivity contribution is 14.1. The molecule has 0 spiro atoms. The third-order valence-corrected chi connectivity index (χ3v) is 4.06. The molecule has 2 rings (SSSR count). The van der Waals surface area contributed by atoms with Crippen LogP contribution in [0, 0.1) is 5.92 Å². The lowest BCUT2D eigenvalue weighted by atomic mass is 10.0. The number of ether oxygens (including phenoxy) is 1. The van der Waals surface area contributed by atoms with Crippen LogP contribution in [0.1, 0.15) is 19.5 Å². The Morgan fingerprint density at radius 1 is 1.35 bits per heavy atom. The zero-order valence-corrected chi connectivity index (χ0v) is 13.2. The predicted octanol–water partition coefficient (Wildman–Crippen LogP) is 3.45. The van der Waals surface area contributed by atoms with Crippen LogP contribution in [0.2, 0.25) is 0 Å². The van der Waals surface area contributed by atoms with Crippen molar-refractivity contribution in [3.8, 4) is 5.75 Å². The molecule has 0 bridgehead atoms. The van der Waals surface area contributed by atoms with Gasteiger partial charge in [0.2, 0.25) is 5.90 Å². The molecule has 2 unspecified atom stereocenters. The fraction of sp³-hybridized carbons (Fsp3) is 0.462. The van der Waals surface area contributed by atoms with Crippen LogP contribution in [0.3, 0.4) is 0 Å². The maximum Gasteiger partial charge on any atom is 0.298 e. The van der Waals surface area contributed by atoms with E-state index in [1.54, 1.807) is 22.6 Å². The van der Waals surface area contributed by atoms with Gasteiger partial charge in [0.25, 0.3) is 5.92 Å². The second-order valence-electron chi connectivity index (χ2n) is 4.58. The molecule has 20 heavy (non-hydrogen) atoms. The summed E-state index contributed by atoms with van der Waals surface area (Å²) in [6.45, 7) is 3.91. The summed E-state index contributed by atoms with van der Waals surface area (Å²) in [7, 11) is 0. The molecule has 0 saturated carbocycles. The first kappa shape index (κ1) is 15.3. The molecule has 108 valence electrons. The summed E-state index contributed by atoms with van der Waals surface area (Å²) in [5, 5.41) is 0. The maximum atomic E-state index is 13.4. The van der Waals surface area contributed by atoms with Gasteiger partial charge >= 0.3 is 0 Å². The minimum Gasteiger partial charge on any atom is -0.441 e. The SMILES string of the molecule is CC1N=CN=C(Oc2ccc(C(F)(F)CI)nc2)C1C. The second-order valence-corrected chi connectivity index (χ2v) is 5.34. The standard InChI is InChI=1S/C13H14F2IN3O/c1-8-9(2)18-7-19-12(8)20-10-3-4-11(17-5-10)13(14,15)6-16/h3-5,7-9H,6H2,1-2H3. The van der Waals surface area contributed by atoms with Crippen LogP contribution in [0.15, 0.2) is 28.3 Å². The topological polar surface area (TPSA) is 46.8 Å². The smallest absolute Gasteiger partial charge is 0.298 e. The number of alkyl halides is 3. The van der Waals surface area contributed by atoms with Gasteiger partial charge in [-0.25, -0.2) is 4.99 Å². The summed E-state index contributed by atoms with van der Waals surface area (Å²) in [6.07, 6.45) is 2.74. The molecular weight excluding hydrogens is 379 g/mol. The number of aromatic nitrogens is 1. The zero-order valence-electron chi connectivity index (χ0n) is 11.1. The average molecular weight is 393 g/mol. The van der Waals surface area contributed by atoms with Crippen LogP contribution in [0.25, 0.3) is 0 Å². The molecule has 0 fully saturated rings. The van der Waals surface area contributed by atoms with E-state index in [2.05, 4.69) is 15.0 Å². The van der Waals surface area contributed by atoms with Gasteiger partial charge in [0.1, 0.15) is 17.8 Å². The van der Waals surface area contributed by atoms with Gasteiger partial charge < -0.3 is 4.74 Å². The van der Waals surface area contributed by atoms with E-state index < -0.39 is 5.92 Å². The van der Waals surface area contributed by atoms with Crippen molar-refractivity contribution in [2.75, 3.05) is 4.43 Å². The lowest BCUT2D eigenvalue weighted by Gasteiger charge is -2.21. The summed E-state index contributed by atoms with van der Waals surface area (Å²) >= 11 is 1.64. The number of pyridine rings is 1. The number of rotatable bonds is 3. The van der Waals surface area contributed by atoms with Crippen LogP contribution in [0.4, 0.5) is 8.78 Å². The Morgan fingerprint density at radius 2 is 2.10 bits per heavy atom. The molecule has 0 radical (unpaired) electrons. The Kier molecular flexibility index (Phi) is 4.66. The van der Waals surface area contributed by atoms with E-state index in [4.69, 9.17) is 4.74 Å². The van der Waals surface area contributed by atoms with Gasteiger partial charge in [-0.1, -0.05) is 29.5 Å². The van der Waals surface area contributed by atoms with Gasteiger partial charge in [-0.3, -0.25) is 9.98 Å². The van der Waals surface area contributed by atoms with Gasteiger partial charge in [-0.2, -0.15) is 8.78 Å². The van der Waals surface area contributed by atoms with Crippen LogP contribution >= 0.6 is 22.6 Å². The Morgan fingerprint density at radius 3 is 2.70 bits per heavy atom. The lowest BCUT2D eigenvalue weighted by Crippen LogP contribution is -2.29. The molecule has 1 aromatic heterocycles. The highest BCUT2D eigenvalue weighted by atomic mass is 127. The van der Waals surface area contributed by atoms with Crippen molar-refractivity contribution in [2.24, 2.45) is 15.9 Å². The third kappa shape index (κ3) is 3.31. The number of aliphatic imine (C=N–C) groups is 2. The van der Waals surface area contributed by atoms with Crippen molar-refractivity contribution in [3.63, 3.8) is 0 Å². The molecule has 2 atom stereocenters. The first-order chi connectivity index (χ1) is 9.44. The predicted molar refractivity (Wildman–Crippen MR) is 82.2 cm³/mol. The van der Waals surface area contributed by atoms with Gasteiger partial charge in [-0.15, -0.1) is 0 Å². The molecule has 2 heterocycles. The molecule has 1 aromatic rings. The Bertz CT molecular complexity index is 531. The zero-order chi connectivity index (χ0) is 14.8. The summed E-state index contributed by atoms with van der Waals surface area (Å²) < 4.78 is 32.2. The molecule has 4 nitrogen and oxygen atoms in total. The quantitative estimate of drug-likeness (QED) is 0.584. The van der Waals surface area contributed by atoms with Gasteiger partial charge in [0.15, 0.2) is 0 Å². The highest BCUT2D eigenvalue weighted by Gasteiger charge is 2.31. The van der Waals surface area contributed by atoms with Gasteiger partial charge in [0.05, 0.1) is 22.6 Å². The molecule has 0 aromatic carbocycles. The summed E-state index contributed by atoms with van der Waals surface area (Å²) in [5.41, 5.74) is -0.257. The molecule has 1 aliphatic rings. The molecule has 0 N–H and O–H groups in total. The molecule has 0 saturated heterocycles. The van der Waals surface area contributed by atoms with Crippen molar-refractivity contribution < 1.29 is 13.5 Å². The summed E-state index contributed by atoms with van der Waals surface area (Å²) in [6, 6.07) is 2.84. The van der Waals surface area contributed by atoms with Crippen molar-refractivity contribution in [2.45, 2.75) is 25.8 Å². The van der Waals surface area contributed by atoms with E-state index in [9.17, 15) is 8.78 Å². The van der Waals surface area contributed by atoms with Crippen LogP contribution < -0.4 is 4.74 Å². The van der Waals surface area contributed by atoms with E-state index >= 15 is 0 Å². The number of halogens is 3. The van der Waals surface area contributed by atoms with E-state index in [0.717, 1.165) is 0 Å². The fourth-order valence-corrected chi connectivity index (χ4v) is 2.00. The third-order valence-electron chi connectivity index (χ3n) is 3.10. The first-order valence-corrected chi connectivity index (χ1v) is 7.64.